The molecule has 306 valence electrons. The van der Waals surface area contributed by atoms with Crippen LogP contribution in [0.25, 0.3) is 98.9 Å². The van der Waals surface area contributed by atoms with Crippen molar-refractivity contribution in [3.8, 4) is 11.4 Å². The molecule has 0 atom stereocenters. The zero-order valence-electron chi connectivity index (χ0n) is 35.1. The number of hydrogen-bond acceptors (Lipinski definition) is 2. The van der Waals surface area contributed by atoms with E-state index in [2.05, 4.69) is 240 Å². The highest BCUT2D eigenvalue weighted by Gasteiger charge is 2.39. The minimum Gasteiger partial charge on any atom is -0.453 e. The van der Waals surface area contributed by atoms with Crippen molar-refractivity contribution >= 4 is 97.5 Å². The lowest BCUT2D eigenvalue weighted by Gasteiger charge is -2.41. The fraction of sp³-hybridized carbons (Fsp3) is 0. The maximum absolute atomic E-state index is 7.49. The summed E-state index contributed by atoms with van der Waals surface area (Å²) in [6.45, 7) is 0. The first kappa shape index (κ1) is 36.3. The molecule has 0 N–H and O–H groups in total. The second kappa shape index (κ2) is 13.9. The molecule has 65 heavy (non-hydrogen) atoms. The van der Waals surface area contributed by atoms with Gasteiger partial charge in [0.15, 0.2) is 11.2 Å². The minimum atomic E-state index is -2.33. The summed E-state index contributed by atoms with van der Waals surface area (Å²) >= 11 is 0. The van der Waals surface area contributed by atoms with E-state index in [0.29, 0.717) is 0 Å². The van der Waals surface area contributed by atoms with Gasteiger partial charge in [-0.15, -0.1) is 10.0 Å². The topological polar surface area (TPSA) is 36.1 Å². The lowest BCUT2D eigenvalue weighted by molar-refractivity contribution is 0.655. The van der Waals surface area contributed by atoms with Gasteiger partial charge < -0.3 is 18.0 Å². The van der Waals surface area contributed by atoms with Crippen LogP contribution in [0.2, 0.25) is 0 Å². The van der Waals surface area contributed by atoms with Crippen LogP contribution in [0.3, 0.4) is 0 Å². The van der Waals surface area contributed by atoms with Gasteiger partial charge in [-0.2, -0.15) is 0 Å². The third-order valence-corrected chi connectivity index (χ3v) is 17.4. The summed E-state index contributed by atoms with van der Waals surface area (Å²) in [5, 5.41) is 9.18. The number of nitrogens with zero attached hydrogens (tertiary/aromatic N) is 2. The number of furan rings is 2. The fourth-order valence-electron chi connectivity index (χ4n) is 10.8. The van der Waals surface area contributed by atoms with E-state index in [1.165, 1.54) is 31.3 Å². The van der Waals surface area contributed by atoms with Crippen molar-refractivity contribution in [3.63, 3.8) is 0 Å². The average molecular weight is 851 g/mol. The molecule has 4 nitrogen and oxygen atoms in total. The van der Waals surface area contributed by atoms with Gasteiger partial charge in [0.1, 0.15) is 11.2 Å². The van der Waals surface area contributed by atoms with Gasteiger partial charge in [-0.05, 0) is 72.8 Å². The zero-order chi connectivity index (χ0) is 42.6. The van der Waals surface area contributed by atoms with Crippen molar-refractivity contribution in [1.29, 1.82) is 0 Å². The molecule has 4 heterocycles. The number of para-hydroxylation sites is 8. The molecule has 0 bridgehead atoms. The Morgan fingerprint density at radius 3 is 0.908 bits per heavy atom. The van der Waals surface area contributed by atoms with Crippen LogP contribution in [0.5, 0.6) is 0 Å². The van der Waals surface area contributed by atoms with Crippen molar-refractivity contribution in [2.24, 2.45) is 0 Å². The Labute approximate surface area is 375 Å². The summed E-state index contributed by atoms with van der Waals surface area (Å²) in [5.41, 5.74) is 10.1. The Kier molecular flexibility index (Phi) is 7.74. The molecule has 0 aliphatic carbocycles. The van der Waals surface area contributed by atoms with Gasteiger partial charge in [-0.1, -0.05) is 158 Å². The lowest BCUT2D eigenvalue weighted by atomic mass is 10.1. The molecule has 0 saturated heterocycles. The maximum atomic E-state index is 7.49. The van der Waals surface area contributed by atoms with Crippen LogP contribution in [-0.2, 0) is 0 Å². The third-order valence-electron chi connectivity index (χ3n) is 13.4. The number of benzene rings is 10. The molecule has 0 aliphatic rings. The van der Waals surface area contributed by atoms with Gasteiger partial charge in [-0.3, -0.25) is 0 Å². The molecule has 0 spiro atoms. The molecule has 0 aliphatic heterocycles. The molecule has 0 saturated carbocycles. The highest BCUT2D eigenvalue weighted by Crippen LogP contribution is 2.76. The second-order valence-electron chi connectivity index (χ2n) is 16.8. The van der Waals surface area contributed by atoms with Crippen LogP contribution in [0.15, 0.2) is 259 Å². The number of fused-ring (bicyclic) bond motifs is 12. The average Bonchev–Trinajstić information content (AvgIpc) is 4.14. The van der Waals surface area contributed by atoms with Crippen LogP contribution in [-0.4, -0.2) is 9.13 Å². The molecular weight excluding hydrogens is 813 g/mol. The van der Waals surface area contributed by atoms with Gasteiger partial charge in [0.05, 0.1) is 33.4 Å². The summed E-state index contributed by atoms with van der Waals surface area (Å²) in [7, 11) is -2.33. The second-order valence-corrected chi connectivity index (χ2v) is 19.8. The van der Waals surface area contributed by atoms with E-state index in [0.717, 1.165) is 87.1 Å². The predicted octanol–water partition coefficient (Wildman–Crippen LogP) is 17.0. The van der Waals surface area contributed by atoms with Gasteiger partial charge in [0.2, 0.25) is 0 Å². The van der Waals surface area contributed by atoms with E-state index in [-0.39, 0.29) is 0 Å². The van der Waals surface area contributed by atoms with E-state index >= 15 is 0 Å². The third kappa shape index (κ3) is 4.98. The molecule has 0 radical (unpaired) electrons. The first-order chi connectivity index (χ1) is 32.3. The van der Waals surface area contributed by atoms with Crippen LogP contribution in [0.4, 0.5) is 0 Å². The van der Waals surface area contributed by atoms with E-state index < -0.39 is 10.0 Å². The molecular formula is C60H38N2O2S. The monoisotopic (exact) mass is 850 g/mol. The van der Waals surface area contributed by atoms with E-state index in [9.17, 15) is 0 Å². The highest BCUT2D eigenvalue weighted by molar-refractivity contribution is 8.34. The van der Waals surface area contributed by atoms with Crippen molar-refractivity contribution in [1.82, 2.24) is 9.13 Å². The molecule has 14 aromatic rings. The van der Waals surface area contributed by atoms with Gasteiger partial charge in [-0.25, -0.2) is 0 Å². The normalized spacial score (nSPS) is 12.6. The maximum Gasteiger partial charge on any atom is 0.159 e. The first-order valence-corrected chi connectivity index (χ1v) is 23.7. The van der Waals surface area contributed by atoms with Gasteiger partial charge in [0, 0.05) is 62.7 Å². The molecule has 5 heteroatoms. The lowest BCUT2D eigenvalue weighted by Crippen LogP contribution is -2.06. The summed E-state index contributed by atoms with van der Waals surface area (Å²) in [6, 6.07) is 83.3. The standard InChI is InChI=1S/C60H38N2O2S/c1-3-19-39(20-4-1)65(40-21-5-2-6-22-40,55-37-17-29-47-45-27-15-35-53(57(45)63-59(47)55)61-49-31-11-7-23-41(49)42-24-8-12-32-50(42)61)56-38-18-30-48-46-28-16-36-54(58(46)64-60(48)56)62-51-33-13-9-25-43(51)44-26-10-14-34-52(44)62/h1-38H. The van der Waals surface area contributed by atoms with Gasteiger partial charge in [0.25, 0.3) is 0 Å². The zero-order valence-corrected chi connectivity index (χ0v) is 35.9. The van der Waals surface area contributed by atoms with Crippen molar-refractivity contribution in [2.45, 2.75) is 19.6 Å². The number of hydrogen-bond donors (Lipinski definition) is 0. The number of rotatable bonds is 6. The Morgan fingerprint density at radius 1 is 0.246 bits per heavy atom. The Hall–Kier alpha value is -8.25. The van der Waals surface area contributed by atoms with E-state index in [1.807, 2.05) is 0 Å². The smallest absolute Gasteiger partial charge is 0.159 e. The predicted molar refractivity (Wildman–Crippen MR) is 270 cm³/mol. The summed E-state index contributed by atoms with van der Waals surface area (Å²) in [5.74, 6) is 0. The molecule has 10 aromatic carbocycles. The molecule has 4 aromatic heterocycles. The van der Waals surface area contributed by atoms with Crippen LogP contribution in [0.1, 0.15) is 0 Å². The summed E-state index contributed by atoms with van der Waals surface area (Å²) < 4.78 is 19.7. The molecule has 14 rings (SSSR count). The number of aromatic nitrogens is 2. The summed E-state index contributed by atoms with van der Waals surface area (Å²) in [6.07, 6.45) is 0. The van der Waals surface area contributed by atoms with Gasteiger partial charge >= 0.3 is 0 Å². The fourth-order valence-corrected chi connectivity index (χ4v) is 14.8. The quantitative estimate of drug-likeness (QED) is 0.167. The van der Waals surface area contributed by atoms with Crippen LogP contribution in [0, 0.1) is 0 Å². The Morgan fingerprint density at radius 2 is 0.538 bits per heavy atom. The van der Waals surface area contributed by atoms with Crippen LogP contribution < -0.4 is 0 Å². The molecule has 0 amide bonds. The molecule has 0 unspecified atom stereocenters. The Balaban J connectivity index is 1.10. The van der Waals surface area contributed by atoms with E-state index in [4.69, 9.17) is 8.83 Å². The largest absolute Gasteiger partial charge is 0.453 e. The SMILES string of the molecule is c1ccc(S(c2ccccc2)(c2cccc3c2oc2c(-n4c5ccccc5c5ccccc54)cccc23)c2cccc3c2oc2c(-n4c5ccccc5c5ccccc54)cccc23)cc1. The highest BCUT2D eigenvalue weighted by atomic mass is 32.3. The Bertz CT molecular complexity index is 3810. The minimum absolute atomic E-state index is 0.855. The van der Waals surface area contributed by atoms with Crippen molar-refractivity contribution in [3.05, 3.63) is 231 Å². The van der Waals surface area contributed by atoms with Crippen molar-refractivity contribution in [2.75, 3.05) is 0 Å². The first-order valence-electron chi connectivity index (χ1n) is 22.1. The van der Waals surface area contributed by atoms with E-state index in [1.54, 1.807) is 0 Å². The van der Waals surface area contributed by atoms with Crippen LogP contribution >= 0.6 is 10.0 Å². The molecule has 0 fully saturated rings. The van der Waals surface area contributed by atoms with Crippen molar-refractivity contribution < 1.29 is 8.83 Å². The summed E-state index contributed by atoms with van der Waals surface area (Å²) in [4.78, 5) is 4.62.